The molecule has 4 rings (SSSR count). The van der Waals surface area contributed by atoms with Gasteiger partial charge in [-0.25, -0.2) is 9.59 Å². The van der Waals surface area contributed by atoms with Crippen molar-refractivity contribution in [3.63, 3.8) is 0 Å². The maximum atomic E-state index is 13.7. The number of nitrogens with zero attached hydrogens (tertiary/aromatic N) is 2. The minimum atomic E-state index is -2.81. The van der Waals surface area contributed by atoms with Crippen molar-refractivity contribution in [1.29, 1.82) is 0 Å². The molecule has 2 aromatic carbocycles. The summed E-state index contributed by atoms with van der Waals surface area (Å²) in [6, 6.07) is 20.3. The molecule has 3 atom stereocenters. The largest absolute Gasteiger partial charge is 0.458 e. The third kappa shape index (κ3) is 7.04. The van der Waals surface area contributed by atoms with E-state index in [2.05, 4.69) is 74.2 Å². The number of hydrogen-bond donors (Lipinski definition) is 0. The van der Waals surface area contributed by atoms with Crippen LogP contribution in [0.15, 0.2) is 60.7 Å². The smallest absolute Gasteiger partial charge is 0.412 e. The highest BCUT2D eigenvalue weighted by Crippen LogP contribution is 2.41. The second kappa shape index (κ2) is 11.5. The van der Waals surface area contributed by atoms with E-state index in [1.54, 1.807) is 4.90 Å². The van der Waals surface area contributed by atoms with Crippen LogP contribution in [0.4, 0.5) is 4.79 Å². The van der Waals surface area contributed by atoms with Crippen molar-refractivity contribution < 1.29 is 23.5 Å². The summed E-state index contributed by atoms with van der Waals surface area (Å²) in [6.45, 7) is 20.0. The molecule has 0 N–H and O–H groups in total. The van der Waals surface area contributed by atoms with Gasteiger partial charge in [-0.05, 0) is 63.4 Å². The lowest BCUT2D eigenvalue weighted by atomic mass is 10.0. The molecule has 0 saturated carbocycles. The maximum Gasteiger partial charge on any atom is 0.412 e. The predicted octanol–water partition coefficient (Wildman–Crippen LogP) is 5.17. The van der Waals surface area contributed by atoms with Crippen molar-refractivity contribution in [2.75, 3.05) is 19.7 Å². The number of rotatable bonds is 7. The zero-order chi connectivity index (χ0) is 30.2. The maximum absolute atomic E-state index is 13.7. The number of benzene rings is 2. The second-order valence-electron chi connectivity index (χ2n) is 14.4. The zero-order valence-corrected chi connectivity index (χ0v) is 27.3. The topological polar surface area (TPSA) is 68.1 Å². The first-order chi connectivity index (χ1) is 19.0. The molecule has 0 bridgehead atoms. The Kier molecular flexibility index (Phi) is 8.79. The summed E-state index contributed by atoms with van der Waals surface area (Å²) in [4.78, 5) is 31.1. The standard InChI is InChI=1S/C33H48N2O5Si/c1-31(2,3)39-29(36)27-22-24(28(34-20-21-34)35(27)30(37)40-32(4,5)6)23-38-41(33(7,8)9,25-16-12-10-13-17-25)26-18-14-11-15-19-26/h10-19,24,27-28H,20-23H2,1-9H3/t24-,27+,28+/m1/s1. The van der Waals surface area contributed by atoms with Gasteiger partial charge in [0.25, 0.3) is 8.32 Å². The molecule has 2 aliphatic heterocycles. The van der Waals surface area contributed by atoms with Gasteiger partial charge in [-0.1, -0.05) is 81.4 Å². The van der Waals surface area contributed by atoms with Gasteiger partial charge in [0.1, 0.15) is 17.2 Å². The fraction of sp³-hybridized carbons (Fsp3) is 0.576. The molecule has 0 spiro atoms. The Bertz CT molecular complexity index is 1160. The number of carbonyl (C=O) groups excluding carboxylic acids is 2. The van der Waals surface area contributed by atoms with E-state index in [-0.39, 0.29) is 17.1 Å². The van der Waals surface area contributed by atoms with E-state index in [9.17, 15) is 9.59 Å². The monoisotopic (exact) mass is 580 g/mol. The Morgan fingerprint density at radius 2 is 1.27 bits per heavy atom. The molecule has 8 heteroatoms. The first-order valence-electron chi connectivity index (χ1n) is 14.8. The van der Waals surface area contributed by atoms with Crippen LogP contribution in [-0.2, 0) is 18.7 Å². The lowest BCUT2D eigenvalue weighted by molar-refractivity contribution is -0.161. The van der Waals surface area contributed by atoms with Crippen molar-refractivity contribution in [1.82, 2.24) is 9.80 Å². The fourth-order valence-corrected chi connectivity index (χ4v) is 10.6. The van der Waals surface area contributed by atoms with Crippen LogP contribution >= 0.6 is 0 Å². The van der Waals surface area contributed by atoms with Crippen LogP contribution < -0.4 is 10.4 Å². The van der Waals surface area contributed by atoms with E-state index in [0.29, 0.717) is 13.0 Å². The van der Waals surface area contributed by atoms with Crippen molar-refractivity contribution in [2.45, 2.75) is 97.2 Å². The van der Waals surface area contributed by atoms with Crippen LogP contribution in [0.25, 0.3) is 0 Å². The van der Waals surface area contributed by atoms with Gasteiger partial charge in [0.2, 0.25) is 0 Å². The van der Waals surface area contributed by atoms with Gasteiger partial charge in [0.15, 0.2) is 0 Å². The SMILES string of the molecule is CC(C)(C)OC(=O)[C@@H]1C[C@H](CO[Si](c2ccccc2)(c2ccccc2)C(C)(C)C)[C@@H](N2CC2)N1C(=O)OC(C)(C)C. The summed E-state index contributed by atoms with van der Waals surface area (Å²) in [5.74, 6) is -0.493. The first kappa shape index (κ1) is 31.3. The van der Waals surface area contributed by atoms with Gasteiger partial charge < -0.3 is 13.9 Å². The highest BCUT2D eigenvalue weighted by Gasteiger charge is 2.56. The van der Waals surface area contributed by atoms with Crippen LogP contribution in [0.5, 0.6) is 0 Å². The van der Waals surface area contributed by atoms with Gasteiger partial charge >= 0.3 is 12.1 Å². The summed E-state index contributed by atoms with van der Waals surface area (Å²) >= 11 is 0. The Balaban J connectivity index is 1.74. The minimum Gasteiger partial charge on any atom is -0.458 e. The summed E-state index contributed by atoms with van der Waals surface area (Å²) < 4.78 is 19.0. The van der Waals surface area contributed by atoms with Gasteiger partial charge in [-0.3, -0.25) is 9.80 Å². The zero-order valence-electron chi connectivity index (χ0n) is 26.3. The van der Waals surface area contributed by atoms with Crippen LogP contribution in [0.2, 0.25) is 5.04 Å². The van der Waals surface area contributed by atoms with Gasteiger partial charge in [-0.15, -0.1) is 0 Å². The molecular weight excluding hydrogens is 532 g/mol. The first-order valence-corrected chi connectivity index (χ1v) is 16.7. The Labute approximate surface area is 247 Å². The molecule has 7 nitrogen and oxygen atoms in total. The molecule has 2 aliphatic rings. The molecule has 2 saturated heterocycles. The molecule has 0 aliphatic carbocycles. The minimum absolute atomic E-state index is 0.0933. The van der Waals surface area contributed by atoms with Crippen molar-refractivity contribution in [2.24, 2.45) is 5.92 Å². The van der Waals surface area contributed by atoms with Crippen molar-refractivity contribution in [3.8, 4) is 0 Å². The van der Waals surface area contributed by atoms with Crippen LogP contribution in [0.3, 0.4) is 0 Å². The Hall–Kier alpha value is -2.68. The Morgan fingerprint density at radius 3 is 1.68 bits per heavy atom. The van der Waals surface area contributed by atoms with Gasteiger partial charge in [0.05, 0.1) is 6.17 Å². The molecule has 1 amide bonds. The molecular formula is C33H48N2O5Si. The van der Waals surface area contributed by atoms with Crippen molar-refractivity contribution in [3.05, 3.63) is 60.7 Å². The van der Waals surface area contributed by atoms with E-state index in [0.717, 1.165) is 13.1 Å². The quantitative estimate of drug-likeness (QED) is 0.256. The normalized spacial score (nSPS) is 22.0. The van der Waals surface area contributed by atoms with Gasteiger partial charge in [-0.2, -0.15) is 0 Å². The van der Waals surface area contributed by atoms with E-state index in [1.807, 2.05) is 53.7 Å². The van der Waals surface area contributed by atoms with Crippen molar-refractivity contribution >= 4 is 30.8 Å². The highest BCUT2D eigenvalue weighted by atomic mass is 28.4. The molecule has 0 aromatic heterocycles. The molecule has 2 aromatic rings. The number of carbonyl (C=O) groups is 2. The second-order valence-corrected chi connectivity index (χ2v) is 18.7. The molecule has 41 heavy (non-hydrogen) atoms. The van der Waals surface area contributed by atoms with E-state index < -0.39 is 37.6 Å². The summed E-state index contributed by atoms with van der Waals surface area (Å²) in [7, 11) is -2.81. The van der Waals surface area contributed by atoms with Crippen LogP contribution in [-0.4, -0.2) is 73.3 Å². The fourth-order valence-electron chi connectivity index (χ4n) is 6.01. The average molecular weight is 581 g/mol. The number of hydrogen-bond acceptors (Lipinski definition) is 6. The lowest BCUT2D eigenvalue weighted by Crippen LogP contribution is -2.67. The van der Waals surface area contributed by atoms with Crippen LogP contribution in [0.1, 0.15) is 68.7 Å². The Morgan fingerprint density at radius 1 is 0.780 bits per heavy atom. The molecule has 0 radical (unpaired) electrons. The number of ether oxygens (including phenoxy) is 2. The third-order valence-corrected chi connectivity index (χ3v) is 12.6. The molecule has 2 fully saturated rings. The number of amides is 1. The predicted molar refractivity (Wildman–Crippen MR) is 165 cm³/mol. The van der Waals surface area contributed by atoms with E-state index in [4.69, 9.17) is 13.9 Å². The summed E-state index contributed by atoms with van der Waals surface area (Å²) in [5, 5.41) is 2.22. The summed E-state index contributed by atoms with van der Waals surface area (Å²) in [5.41, 5.74) is -1.36. The molecule has 2 heterocycles. The third-order valence-electron chi connectivity index (χ3n) is 7.64. The summed E-state index contributed by atoms with van der Waals surface area (Å²) in [6.07, 6.45) is -0.341. The highest BCUT2D eigenvalue weighted by molar-refractivity contribution is 6.99. The van der Waals surface area contributed by atoms with Crippen LogP contribution in [0, 0.1) is 5.92 Å². The molecule has 224 valence electrons. The van der Waals surface area contributed by atoms with E-state index >= 15 is 0 Å². The van der Waals surface area contributed by atoms with E-state index in [1.165, 1.54) is 10.4 Å². The lowest BCUT2D eigenvalue weighted by Gasteiger charge is -2.44. The number of esters is 1. The van der Waals surface area contributed by atoms with Gasteiger partial charge in [0, 0.05) is 25.6 Å². The number of likely N-dealkylation sites (tertiary alicyclic amines) is 1. The molecule has 0 unspecified atom stereocenters. The average Bonchev–Trinajstić information content (AvgIpc) is 3.62.